The van der Waals surface area contributed by atoms with E-state index in [1.165, 1.54) is 51.1 Å². The maximum absolute atomic E-state index is 4.50. The van der Waals surface area contributed by atoms with Crippen LogP contribution in [-0.2, 0) is 6.54 Å². The molecule has 2 fully saturated rings. The van der Waals surface area contributed by atoms with Crippen molar-refractivity contribution in [1.82, 2.24) is 15.2 Å². The maximum atomic E-state index is 4.50. The number of nitrogens with one attached hydrogen (secondary N) is 1. The van der Waals surface area contributed by atoms with Gasteiger partial charge in [0.15, 0.2) is 0 Å². The smallest absolute Gasteiger partial charge is 0.0562 e. The minimum Gasteiger partial charge on any atom is -0.370 e. The first-order valence-corrected chi connectivity index (χ1v) is 8.39. The highest BCUT2D eigenvalue weighted by Gasteiger charge is 2.28. The van der Waals surface area contributed by atoms with Crippen LogP contribution < -0.4 is 10.2 Å². The number of fused-ring (bicyclic) bond motifs is 1. The standard InChI is InChI=1S/C17H28N4/c1-14(2)19-12-15-11-16(6-7-18-15)21-10-4-9-20-8-3-5-17(20)13-21/h6-7,11,14,17,19H,3-5,8-10,12-13H2,1-2H3. The lowest BCUT2D eigenvalue weighted by molar-refractivity contribution is 0.273. The lowest BCUT2D eigenvalue weighted by Crippen LogP contribution is -2.36. The zero-order valence-electron chi connectivity index (χ0n) is 13.4. The fraction of sp³-hybridized carbons (Fsp3) is 0.706. The Morgan fingerprint density at radius 1 is 1.29 bits per heavy atom. The number of rotatable bonds is 4. The Morgan fingerprint density at radius 2 is 2.14 bits per heavy atom. The third-order valence-electron chi connectivity index (χ3n) is 4.66. The summed E-state index contributed by atoms with van der Waals surface area (Å²) in [4.78, 5) is 9.75. The second kappa shape index (κ2) is 6.75. The summed E-state index contributed by atoms with van der Waals surface area (Å²) in [7, 11) is 0. The van der Waals surface area contributed by atoms with Crippen LogP contribution in [-0.4, -0.2) is 48.1 Å². The van der Waals surface area contributed by atoms with Gasteiger partial charge in [-0.15, -0.1) is 0 Å². The Kier molecular flexibility index (Phi) is 4.76. The topological polar surface area (TPSA) is 31.4 Å². The number of aromatic nitrogens is 1. The Morgan fingerprint density at radius 3 is 3.00 bits per heavy atom. The van der Waals surface area contributed by atoms with Crippen molar-refractivity contribution >= 4 is 5.69 Å². The fourth-order valence-corrected chi connectivity index (χ4v) is 3.51. The van der Waals surface area contributed by atoms with Crippen molar-refractivity contribution in [3.8, 4) is 0 Å². The van der Waals surface area contributed by atoms with Gasteiger partial charge in [0, 0.05) is 50.1 Å². The normalized spacial score (nSPS) is 23.4. The summed E-state index contributed by atoms with van der Waals surface area (Å²) < 4.78 is 0. The molecule has 1 unspecified atom stereocenters. The van der Waals surface area contributed by atoms with E-state index in [4.69, 9.17) is 0 Å². The number of hydrogen-bond donors (Lipinski definition) is 1. The van der Waals surface area contributed by atoms with Crippen molar-refractivity contribution in [2.45, 2.75) is 51.7 Å². The molecule has 4 heteroatoms. The second-order valence-corrected chi connectivity index (χ2v) is 6.67. The van der Waals surface area contributed by atoms with Crippen molar-refractivity contribution in [1.29, 1.82) is 0 Å². The summed E-state index contributed by atoms with van der Waals surface area (Å²) in [5.41, 5.74) is 2.49. The number of anilines is 1. The predicted octanol–water partition coefficient (Wildman–Crippen LogP) is 2.25. The molecule has 1 aromatic heterocycles. The molecule has 0 radical (unpaired) electrons. The lowest BCUT2D eigenvalue weighted by Gasteiger charge is -2.27. The average molecular weight is 288 g/mol. The molecule has 2 aliphatic rings. The molecule has 2 saturated heterocycles. The molecular formula is C17H28N4. The van der Waals surface area contributed by atoms with E-state index in [2.05, 4.69) is 46.1 Å². The molecule has 3 heterocycles. The average Bonchev–Trinajstić information content (AvgIpc) is 2.82. The zero-order chi connectivity index (χ0) is 14.7. The van der Waals surface area contributed by atoms with Gasteiger partial charge in [0.05, 0.1) is 5.69 Å². The zero-order valence-corrected chi connectivity index (χ0v) is 13.4. The lowest BCUT2D eigenvalue weighted by atomic mass is 10.2. The molecule has 1 N–H and O–H groups in total. The third-order valence-corrected chi connectivity index (χ3v) is 4.66. The summed E-state index contributed by atoms with van der Waals surface area (Å²) in [6.45, 7) is 10.1. The largest absolute Gasteiger partial charge is 0.370 e. The quantitative estimate of drug-likeness (QED) is 0.921. The van der Waals surface area contributed by atoms with Gasteiger partial charge in [-0.3, -0.25) is 9.88 Å². The first-order valence-electron chi connectivity index (χ1n) is 8.39. The van der Waals surface area contributed by atoms with Gasteiger partial charge in [-0.2, -0.15) is 0 Å². The van der Waals surface area contributed by atoms with E-state index >= 15 is 0 Å². The summed E-state index contributed by atoms with van der Waals surface area (Å²) in [5.74, 6) is 0. The van der Waals surface area contributed by atoms with Gasteiger partial charge in [0.1, 0.15) is 0 Å². The van der Waals surface area contributed by atoms with Crippen LogP contribution in [0.3, 0.4) is 0 Å². The molecule has 0 spiro atoms. The Bertz CT molecular complexity index is 460. The van der Waals surface area contributed by atoms with Crippen LogP contribution in [0.25, 0.3) is 0 Å². The van der Waals surface area contributed by atoms with Crippen LogP contribution in [0.5, 0.6) is 0 Å². The third kappa shape index (κ3) is 3.74. The monoisotopic (exact) mass is 288 g/mol. The van der Waals surface area contributed by atoms with Crippen LogP contribution in [0.1, 0.15) is 38.8 Å². The van der Waals surface area contributed by atoms with Crippen molar-refractivity contribution in [2.75, 3.05) is 31.1 Å². The van der Waals surface area contributed by atoms with Gasteiger partial charge in [-0.25, -0.2) is 0 Å². The number of hydrogen-bond acceptors (Lipinski definition) is 4. The highest BCUT2D eigenvalue weighted by molar-refractivity contribution is 5.47. The van der Waals surface area contributed by atoms with E-state index in [1.54, 1.807) is 0 Å². The Hall–Kier alpha value is -1.13. The molecule has 21 heavy (non-hydrogen) atoms. The van der Waals surface area contributed by atoms with Crippen LogP contribution in [0.4, 0.5) is 5.69 Å². The molecule has 0 bridgehead atoms. The van der Waals surface area contributed by atoms with Crippen LogP contribution in [0.15, 0.2) is 18.3 Å². The van der Waals surface area contributed by atoms with Crippen LogP contribution in [0.2, 0.25) is 0 Å². The van der Waals surface area contributed by atoms with Gasteiger partial charge in [0.25, 0.3) is 0 Å². The van der Waals surface area contributed by atoms with E-state index in [-0.39, 0.29) is 0 Å². The minimum atomic E-state index is 0.501. The van der Waals surface area contributed by atoms with Crippen molar-refractivity contribution in [3.05, 3.63) is 24.0 Å². The first-order chi connectivity index (χ1) is 10.2. The minimum absolute atomic E-state index is 0.501. The summed E-state index contributed by atoms with van der Waals surface area (Å²) in [5, 5.41) is 3.45. The van der Waals surface area contributed by atoms with E-state index in [1.807, 2.05) is 6.20 Å². The molecule has 1 aromatic rings. The van der Waals surface area contributed by atoms with Gasteiger partial charge in [-0.05, 0) is 37.9 Å². The van der Waals surface area contributed by atoms with Gasteiger partial charge in [-0.1, -0.05) is 13.8 Å². The summed E-state index contributed by atoms with van der Waals surface area (Å²) in [6, 6.07) is 5.70. The van der Waals surface area contributed by atoms with E-state index in [9.17, 15) is 0 Å². The number of nitrogens with zero attached hydrogens (tertiary/aromatic N) is 3. The molecule has 0 amide bonds. The fourth-order valence-electron chi connectivity index (χ4n) is 3.51. The molecule has 1 atom stereocenters. The first kappa shape index (κ1) is 14.8. The Labute approximate surface area is 128 Å². The summed E-state index contributed by atoms with van der Waals surface area (Å²) >= 11 is 0. The van der Waals surface area contributed by atoms with Gasteiger partial charge in [0.2, 0.25) is 0 Å². The molecule has 0 aromatic carbocycles. The van der Waals surface area contributed by atoms with E-state index in [0.717, 1.165) is 18.3 Å². The van der Waals surface area contributed by atoms with E-state index in [0.29, 0.717) is 6.04 Å². The predicted molar refractivity (Wildman–Crippen MR) is 87.6 cm³/mol. The highest BCUT2D eigenvalue weighted by atomic mass is 15.3. The molecule has 0 aliphatic carbocycles. The molecule has 2 aliphatic heterocycles. The van der Waals surface area contributed by atoms with Crippen LogP contribution in [0, 0.1) is 0 Å². The molecular weight excluding hydrogens is 260 g/mol. The van der Waals surface area contributed by atoms with Gasteiger partial charge >= 0.3 is 0 Å². The van der Waals surface area contributed by atoms with Gasteiger partial charge < -0.3 is 10.2 Å². The molecule has 4 nitrogen and oxygen atoms in total. The van der Waals surface area contributed by atoms with Crippen LogP contribution >= 0.6 is 0 Å². The second-order valence-electron chi connectivity index (χ2n) is 6.67. The maximum Gasteiger partial charge on any atom is 0.0562 e. The van der Waals surface area contributed by atoms with E-state index < -0.39 is 0 Å². The SMILES string of the molecule is CC(C)NCc1cc(N2CCCN3CCCC3C2)ccn1. The highest BCUT2D eigenvalue weighted by Crippen LogP contribution is 2.25. The van der Waals surface area contributed by atoms with Crippen molar-refractivity contribution in [3.63, 3.8) is 0 Å². The molecule has 3 rings (SSSR count). The Balaban J connectivity index is 1.68. The summed E-state index contributed by atoms with van der Waals surface area (Å²) in [6.07, 6.45) is 5.98. The van der Waals surface area contributed by atoms with Crippen molar-refractivity contribution in [2.24, 2.45) is 0 Å². The number of pyridine rings is 1. The molecule has 116 valence electrons. The van der Waals surface area contributed by atoms with Crippen molar-refractivity contribution < 1.29 is 0 Å². The molecule has 0 saturated carbocycles.